The highest BCUT2D eigenvalue weighted by Crippen LogP contribution is 2.39. The number of hydrogen-bond acceptors (Lipinski definition) is 6. The number of fused-ring (bicyclic) bond motifs is 1. The molecular formula is C29H35F2N7O2. The van der Waals surface area contributed by atoms with Crippen molar-refractivity contribution in [3.05, 3.63) is 64.7 Å². The predicted molar refractivity (Wildman–Crippen MR) is 152 cm³/mol. The summed E-state index contributed by atoms with van der Waals surface area (Å²) in [6.07, 6.45) is 1.57. The first-order valence-corrected chi connectivity index (χ1v) is 13.5. The Morgan fingerprint density at radius 2 is 1.85 bits per heavy atom. The highest BCUT2D eigenvalue weighted by molar-refractivity contribution is 6.02. The van der Waals surface area contributed by atoms with Crippen LogP contribution in [0.3, 0.4) is 0 Å². The Morgan fingerprint density at radius 1 is 1.10 bits per heavy atom. The van der Waals surface area contributed by atoms with E-state index in [4.69, 9.17) is 4.98 Å². The Balaban J connectivity index is 1.83. The van der Waals surface area contributed by atoms with E-state index in [0.29, 0.717) is 41.5 Å². The third kappa shape index (κ3) is 6.36. The van der Waals surface area contributed by atoms with Gasteiger partial charge in [-0.1, -0.05) is 32.9 Å². The van der Waals surface area contributed by atoms with E-state index in [1.807, 2.05) is 19.9 Å². The average molecular weight is 552 g/mol. The summed E-state index contributed by atoms with van der Waals surface area (Å²) < 4.78 is 29.8. The van der Waals surface area contributed by atoms with Crippen LogP contribution in [0.4, 0.5) is 31.0 Å². The maximum absolute atomic E-state index is 14.9. The summed E-state index contributed by atoms with van der Waals surface area (Å²) in [6.45, 7) is 9.86. The second-order valence-corrected chi connectivity index (χ2v) is 9.94. The van der Waals surface area contributed by atoms with Crippen LogP contribution in [-0.4, -0.2) is 47.6 Å². The number of aryl methyl sites for hydroxylation is 1. The fourth-order valence-electron chi connectivity index (χ4n) is 4.41. The van der Waals surface area contributed by atoms with E-state index >= 15 is 0 Å². The molecule has 0 bridgehead atoms. The number of nitrogens with one attached hydrogen (secondary N) is 4. The van der Waals surface area contributed by atoms with Gasteiger partial charge in [0, 0.05) is 35.8 Å². The summed E-state index contributed by atoms with van der Waals surface area (Å²) in [5.74, 6) is -1.74. The lowest BCUT2D eigenvalue weighted by molar-refractivity contribution is 0.0953. The van der Waals surface area contributed by atoms with Gasteiger partial charge in [0.15, 0.2) is 5.82 Å². The minimum absolute atomic E-state index is 0.0420. The van der Waals surface area contributed by atoms with E-state index < -0.39 is 23.4 Å². The maximum atomic E-state index is 14.9. The third-order valence-corrected chi connectivity index (χ3v) is 6.46. The molecule has 11 heteroatoms. The first-order chi connectivity index (χ1) is 19.2. The van der Waals surface area contributed by atoms with Crippen LogP contribution in [0.2, 0.25) is 0 Å². The van der Waals surface area contributed by atoms with E-state index in [2.05, 4.69) is 40.1 Å². The number of nitrogens with zero attached hydrogens (tertiary/aromatic N) is 3. The third-order valence-electron chi connectivity index (χ3n) is 6.46. The number of carbonyl (C=O) groups excluding carboxylic acids is 2. The van der Waals surface area contributed by atoms with Crippen molar-refractivity contribution in [3.63, 3.8) is 0 Å². The minimum atomic E-state index is -0.900. The Hall–Kier alpha value is -4.12. The summed E-state index contributed by atoms with van der Waals surface area (Å²) in [4.78, 5) is 36.0. The summed E-state index contributed by atoms with van der Waals surface area (Å²) in [5.41, 5.74) is 2.34. The van der Waals surface area contributed by atoms with E-state index in [1.165, 1.54) is 6.07 Å². The average Bonchev–Trinajstić information content (AvgIpc) is 2.92. The molecule has 2 aromatic carbocycles. The van der Waals surface area contributed by atoms with Crippen molar-refractivity contribution >= 4 is 29.4 Å². The molecule has 0 radical (unpaired) electrons. The summed E-state index contributed by atoms with van der Waals surface area (Å²) >= 11 is 0. The van der Waals surface area contributed by atoms with Gasteiger partial charge in [-0.3, -0.25) is 4.79 Å². The number of para-hydroxylation sites is 1. The van der Waals surface area contributed by atoms with Crippen LogP contribution in [0.25, 0.3) is 11.3 Å². The van der Waals surface area contributed by atoms with Gasteiger partial charge in [-0.15, -0.1) is 0 Å². The second-order valence-electron chi connectivity index (χ2n) is 9.94. The minimum Gasteiger partial charge on any atom is -0.354 e. The molecule has 9 nitrogen and oxygen atoms in total. The van der Waals surface area contributed by atoms with Crippen molar-refractivity contribution in [1.29, 1.82) is 0 Å². The fraction of sp³-hybridized carbons (Fsp3) is 0.379. The summed E-state index contributed by atoms with van der Waals surface area (Å²) in [5, 5.41) is 12.1. The van der Waals surface area contributed by atoms with E-state index in [0.717, 1.165) is 42.0 Å². The second kappa shape index (κ2) is 12.8. The molecule has 0 aliphatic carbocycles. The number of halogens is 2. The molecule has 0 atom stereocenters. The number of urea groups is 1. The first-order valence-electron chi connectivity index (χ1n) is 13.5. The van der Waals surface area contributed by atoms with Crippen molar-refractivity contribution in [2.24, 2.45) is 0 Å². The lowest BCUT2D eigenvalue weighted by Gasteiger charge is -2.31. The smallest absolute Gasteiger partial charge is 0.328 e. The van der Waals surface area contributed by atoms with Crippen molar-refractivity contribution in [3.8, 4) is 11.3 Å². The number of rotatable bonds is 11. The number of benzene rings is 2. The van der Waals surface area contributed by atoms with Crippen LogP contribution in [0.15, 0.2) is 36.4 Å². The number of hydrogen-bond donors (Lipinski definition) is 4. The predicted octanol–water partition coefficient (Wildman–Crippen LogP) is 5.03. The zero-order valence-electron chi connectivity index (χ0n) is 23.2. The molecule has 212 valence electrons. The number of anilines is 3. The van der Waals surface area contributed by atoms with Crippen molar-refractivity contribution in [1.82, 2.24) is 25.9 Å². The molecule has 2 heterocycles. The SMILES string of the molecule is CCCNC(=O)c1ccc(C)c(-c2nc(NCCCNC(C)C)nc3c2CNC(=O)N3c2c(F)cccc2F)c1. The van der Waals surface area contributed by atoms with E-state index in [9.17, 15) is 18.4 Å². The Kier molecular flexibility index (Phi) is 9.26. The quantitative estimate of drug-likeness (QED) is 0.249. The Labute approximate surface area is 232 Å². The molecule has 0 saturated carbocycles. The molecule has 1 aliphatic rings. The number of carbonyl (C=O) groups is 2. The maximum Gasteiger partial charge on any atom is 0.328 e. The standard InChI is InChI=1S/C29H35F2N7O2/c1-5-12-33-27(39)19-11-10-18(4)20(15-19)24-21-16-35-29(40)38(25-22(30)8-6-9-23(25)31)26(21)37-28(36-24)34-14-7-13-32-17(2)3/h6,8-11,15,17,32H,5,7,12-14,16H2,1-4H3,(H,33,39)(H,35,40)(H,34,36,37). The van der Waals surface area contributed by atoms with Gasteiger partial charge in [-0.2, -0.15) is 4.98 Å². The largest absolute Gasteiger partial charge is 0.354 e. The molecule has 40 heavy (non-hydrogen) atoms. The van der Waals surface area contributed by atoms with Crippen LogP contribution in [0, 0.1) is 18.6 Å². The first kappa shape index (κ1) is 28.9. The van der Waals surface area contributed by atoms with Gasteiger partial charge in [0.25, 0.3) is 5.91 Å². The topological polar surface area (TPSA) is 111 Å². The van der Waals surface area contributed by atoms with Crippen molar-refractivity contribution < 1.29 is 18.4 Å². The summed E-state index contributed by atoms with van der Waals surface area (Å²) in [7, 11) is 0. The molecule has 4 rings (SSSR count). The molecule has 0 spiro atoms. The molecule has 3 amide bonds. The van der Waals surface area contributed by atoms with E-state index in [1.54, 1.807) is 12.1 Å². The van der Waals surface area contributed by atoms with Gasteiger partial charge in [-0.25, -0.2) is 23.5 Å². The fourth-order valence-corrected chi connectivity index (χ4v) is 4.41. The van der Waals surface area contributed by atoms with Gasteiger partial charge in [0.2, 0.25) is 5.95 Å². The van der Waals surface area contributed by atoms with Crippen LogP contribution in [0.1, 0.15) is 55.1 Å². The highest BCUT2D eigenvalue weighted by Gasteiger charge is 2.34. The highest BCUT2D eigenvalue weighted by atomic mass is 19.1. The monoisotopic (exact) mass is 551 g/mol. The van der Waals surface area contributed by atoms with Crippen LogP contribution in [0.5, 0.6) is 0 Å². The van der Waals surface area contributed by atoms with Gasteiger partial charge < -0.3 is 21.3 Å². The van der Waals surface area contributed by atoms with Gasteiger partial charge in [0.05, 0.1) is 12.2 Å². The molecule has 4 N–H and O–H groups in total. The van der Waals surface area contributed by atoms with Crippen LogP contribution < -0.4 is 26.2 Å². The summed E-state index contributed by atoms with van der Waals surface area (Å²) in [6, 6.07) is 8.35. The number of amides is 3. The normalized spacial score (nSPS) is 12.8. The lowest BCUT2D eigenvalue weighted by Crippen LogP contribution is -2.43. The zero-order valence-corrected chi connectivity index (χ0v) is 23.2. The molecule has 1 aliphatic heterocycles. The van der Waals surface area contributed by atoms with Crippen molar-refractivity contribution in [2.45, 2.75) is 53.1 Å². The van der Waals surface area contributed by atoms with Gasteiger partial charge in [0.1, 0.15) is 17.3 Å². The van der Waals surface area contributed by atoms with Crippen molar-refractivity contribution in [2.75, 3.05) is 29.9 Å². The Bertz CT molecular complexity index is 1380. The Morgan fingerprint density at radius 3 is 2.55 bits per heavy atom. The molecule has 0 saturated heterocycles. The molecule has 0 fully saturated rings. The van der Waals surface area contributed by atoms with E-state index in [-0.39, 0.29) is 24.2 Å². The number of aromatic nitrogens is 2. The van der Waals surface area contributed by atoms with Crippen LogP contribution in [-0.2, 0) is 6.54 Å². The molecule has 3 aromatic rings. The van der Waals surface area contributed by atoms with Crippen LogP contribution >= 0.6 is 0 Å². The van der Waals surface area contributed by atoms with Gasteiger partial charge in [-0.05, 0) is 56.1 Å². The zero-order chi connectivity index (χ0) is 28.8. The molecular weight excluding hydrogens is 516 g/mol. The molecule has 0 unspecified atom stereocenters. The molecule has 1 aromatic heterocycles. The van der Waals surface area contributed by atoms with Gasteiger partial charge >= 0.3 is 6.03 Å². The lowest BCUT2D eigenvalue weighted by atomic mass is 9.97.